The number of hydrogen-bond acceptors (Lipinski definition) is 6. The van der Waals surface area contributed by atoms with Crippen LogP contribution >= 0.6 is 0 Å². The molecule has 2 rings (SSSR count). The first-order chi connectivity index (χ1) is 12.5. The first kappa shape index (κ1) is 18.8. The number of esters is 1. The number of carbonyl (C=O) groups is 2. The van der Waals surface area contributed by atoms with Crippen molar-refractivity contribution in [3.8, 4) is 17.6 Å². The quantitative estimate of drug-likeness (QED) is 0.764. The molecule has 0 saturated carbocycles. The van der Waals surface area contributed by atoms with Crippen LogP contribution in [0.1, 0.15) is 21.5 Å². The largest absolute Gasteiger partial charge is 0.497 e. The maximum Gasteiger partial charge on any atom is 0.325 e. The summed E-state index contributed by atoms with van der Waals surface area (Å²) in [6, 6.07) is 13.5. The molecular weight excluding hydrogens is 336 g/mol. The first-order valence-electron chi connectivity index (χ1n) is 7.71. The number of ether oxygens (including phenoxy) is 3. The molecule has 0 radical (unpaired) electrons. The van der Waals surface area contributed by atoms with Gasteiger partial charge in [0.25, 0.3) is 5.91 Å². The Morgan fingerprint density at radius 1 is 1.08 bits per heavy atom. The van der Waals surface area contributed by atoms with Gasteiger partial charge in [-0.25, -0.2) is 0 Å². The normalized spacial score (nSPS) is 9.73. The molecule has 7 nitrogen and oxygen atoms in total. The van der Waals surface area contributed by atoms with Crippen LogP contribution < -0.4 is 14.8 Å². The third kappa shape index (κ3) is 5.24. The summed E-state index contributed by atoms with van der Waals surface area (Å²) in [5.74, 6) is -0.106. The van der Waals surface area contributed by atoms with Crippen LogP contribution in [-0.2, 0) is 16.1 Å². The minimum Gasteiger partial charge on any atom is -0.497 e. The molecule has 1 amide bonds. The van der Waals surface area contributed by atoms with Crippen LogP contribution in [0.4, 0.5) is 0 Å². The van der Waals surface area contributed by atoms with Gasteiger partial charge in [0.1, 0.15) is 24.7 Å². The minimum atomic E-state index is -0.587. The summed E-state index contributed by atoms with van der Waals surface area (Å²) >= 11 is 0. The highest BCUT2D eigenvalue weighted by molar-refractivity contribution is 5.96. The van der Waals surface area contributed by atoms with E-state index in [-0.39, 0.29) is 13.2 Å². The zero-order valence-electron chi connectivity index (χ0n) is 14.4. The molecule has 7 heteroatoms. The van der Waals surface area contributed by atoms with Gasteiger partial charge in [-0.1, -0.05) is 12.1 Å². The van der Waals surface area contributed by atoms with Crippen molar-refractivity contribution in [2.24, 2.45) is 0 Å². The van der Waals surface area contributed by atoms with E-state index in [2.05, 4.69) is 5.32 Å². The Labute approximate surface area is 151 Å². The second-order valence-corrected chi connectivity index (χ2v) is 5.26. The number of carbonyl (C=O) groups excluding carboxylic acids is 2. The van der Waals surface area contributed by atoms with Gasteiger partial charge in [0, 0.05) is 11.6 Å². The summed E-state index contributed by atoms with van der Waals surface area (Å²) in [5, 5.41) is 11.3. The smallest absolute Gasteiger partial charge is 0.325 e. The first-order valence-corrected chi connectivity index (χ1v) is 7.71. The summed E-state index contributed by atoms with van der Waals surface area (Å²) in [5.41, 5.74) is 1.48. The Hall–Kier alpha value is -3.53. The van der Waals surface area contributed by atoms with Gasteiger partial charge in [-0.2, -0.15) is 5.26 Å². The molecular formula is C19H18N2O5. The van der Waals surface area contributed by atoms with Crippen molar-refractivity contribution in [1.29, 1.82) is 5.26 Å². The van der Waals surface area contributed by atoms with E-state index in [1.54, 1.807) is 30.3 Å². The lowest BCUT2D eigenvalue weighted by Crippen LogP contribution is -2.30. The van der Waals surface area contributed by atoms with Gasteiger partial charge >= 0.3 is 5.97 Å². The molecule has 0 aliphatic carbocycles. The van der Waals surface area contributed by atoms with Crippen molar-refractivity contribution >= 4 is 11.9 Å². The number of nitrogens with one attached hydrogen (secondary N) is 1. The van der Waals surface area contributed by atoms with Crippen LogP contribution in [0.25, 0.3) is 0 Å². The lowest BCUT2D eigenvalue weighted by atomic mass is 10.1. The number of nitrogens with zero attached hydrogens (tertiary/aromatic N) is 1. The Morgan fingerprint density at radius 2 is 1.77 bits per heavy atom. The molecule has 0 heterocycles. The molecule has 0 unspecified atom stereocenters. The Kier molecular flexibility index (Phi) is 6.57. The van der Waals surface area contributed by atoms with Gasteiger partial charge in [-0.05, 0) is 29.8 Å². The second-order valence-electron chi connectivity index (χ2n) is 5.26. The zero-order chi connectivity index (χ0) is 18.9. The molecule has 0 saturated heterocycles. The van der Waals surface area contributed by atoms with Crippen LogP contribution in [-0.4, -0.2) is 32.6 Å². The monoisotopic (exact) mass is 354 g/mol. The summed E-state index contributed by atoms with van der Waals surface area (Å²) in [6.45, 7) is -0.256. The zero-order valence-corrected chi connectivity index (χ0v) is 14.4. The number of rotatable bonds is 7. The minimum absolute atomic E-state index is 0.0250. The van der Waals surface area contributed by atoms with Gasteiger partial charge in [0.05, 0.1) is 25.9 Å². The standard InChI is InChI=1S/C19H18N2O5/c1-24-16-7-15(8-17(9-16)25-2)19(23)21-11-18(22)26-12-14-5-3-4-13(6-14)10-20/h3-9H,11-12H2,1-2H3,(H,21,23). The van der Waals surface area contributed by atoms with Gasteiger partial charge < -0.3 is 19.5 Å². The maximum absolute atomic E-state index is 12.2. The maximum atomic E-state index is 12.2. The number of benzene rings is 2. The summed E-state index contributed by atoms with van der Waals surface area (Å²) < 4.78 is 15.3. The van der Waals surface area contributed by atoms with E-state index in [0.717, 1.165) is 0 Å². The van der Waals surface area contributed by atoms with Crippen molar-refractivity contribution in [2.45, 2.75) is 6.61 Å². The van der Waals surface area contributed by atoms with Crippen LogP contribution in [0, 0.1) is 11.3 Å². The molecule has 0 fully saturated rings. The molecule has 1 N–H and O–H groups in total. The van der Waals surface area contributed by atoms with E-state index in [4.69, 9.17) is 19.5 Å². The predicted molar refractivity (Wildman–Crippen MR) is 92.8 cm³/mol. The predicted octanol–water partition coefficient (Wildman–Crippen LogP) is 2.05. The summed E-state index contributed by atoms with van der Waals surface area (Å²) in [7, 11) is 2.96. The van der Waals surface area contributed by atoms with E-state index in [1.165, 1.54) is 26.4 Å². The average Bonchev–Trinajstić information content (AvgIpc) is 2.69. The molecule has 0 aliphatic rings. The van der Waals surface area contributed by atoms with Crippen molar-refractivity contribution in [2.75, 3.05) is 20.8 Å². The fourth-order valence-electron chi connectivity index (χ4n) is 2.14. The molecule has 26 heavy (non-hydrogen) atoms. The molecule has 2 aromatic rings. The SMILES string of the molecule is COc1cc(OC)cc(C(=O)NCC(=O)OCc2cccc(C#N)c2)c1. The number of hydrogen-bond donors (Lipinski definition) is 1. The van der Waals surface area contributed by atoms with Crippen molar-refractivity contribution in [3.63, 3.8) is 0 Å². The molecule has 0 atom stereocenters. The highest BCUT2D eigenvalue weighted by Gasteiger charge is 2.12. The molecule has 0 aromatic heterocycles. The lowest BCUT2D eigenvalue weighted by Gasteiger charge is -2.09. The van der Waals surface area contributed by atoms with Crippen molar-refractivity contribution < 1.29 is 23.8 Å². The van der Waals surface area contributed by atoms with Crippen LogP contribution in [0.3, 0.4) is 0 Å². The van der Waals surface area contributed by atoms with Gasteiger partial charge in [0.2, 0.25) is 0 Å². The van der Waals surface area contributed by atoms with Crippen LogP contribution in [0.5, 0.6) is 11.5 Å². The topological polar surface area (TPSA) is 97.7 Å². The highest BCUT2D eigenvalue weighted by atomic mass is 16.5. The Morgan fingerprint density at radius 3 is 2.38 bits per heavy atom. The molecule has 0 bridgehead atoms. The van der Waals surface area contributed by atoms with Crippen molar-refractivity contribution in [3.05, 3.63) is 59.2 Å². The summed E-state index contributed by atoms with van der Waals surface area (Å²) in [4.78, 5) is 24.0. The summed E-state index contributed by atoms with van der Waals surface area (Å²) in [6.07, 6.45) is 0. The highest BCUT2D eigenvalue weighted by Crippen LogP contribution is 2.22. The number of methoxy groups -OCH3 is 2. The molecule has 134 valence electrons. The number of nitriles is 1. The van der Waals surface area contributed by atoms with Crippen molar-refractivity contribution in [1.82, 2.24) is 5.32 Å². The van der Waals surface area contributed by atoms with E-state index in [0.29, 0.717) is 28.2 Å². The molecule has 0 spiro atoms. The van der Waals surface area contributed by atoms with Crippen LogP contribution in [0.2, 0.25) is 0 Å². The lowest BCUT2D eigenvalue weighted by molar-refractivity contribution is -0.143. The van der Waals surface area contributed by atoms with Gasteiger partial charge in [-0.15, -0.1) is 0 Å². The second kappa shape index (κ2) is 9.08. The third-order valence-electron chi connectivity index (χ3n) is 3.46. The van der Waals surface area contributed by atoms with E-state index < -0.39 is 11.9 Å². The fourth-order valence-corrected chi connectivity index (χ4v) is 2.14. The average molecular weight is 354 g/mol. The van der Waals surface area contributed by atoms with Gasteiger partial charge in [0.15, 0.2) is 0 Å². The van der Waals surface area contributed by atoms with Crippen LogP contribution in [0.15, 0.2) is 42.5 Å². The van der Waals surface area contributed by atoms with E-state index in [9.17, 15) is 9.59 Å². The fraction of sp³-hybridized carbons (Fsp3) is 0.211. The Bertz CT molecular complexity index is 820. The Balaban J connectivity index is 1.88. The van der Waals surface area contributed by atoms with E-state index >= 15 is 0 Å². The van der Waals surface area contributed by atoms with Gasteiger partial charge in [-0.3, -0.25) is 9.59 Å². The molecule has 0 aliphatic heterocycles. The third-order valence-corrected chi connectivity index (χ3v) is 3.46. The molecule has 2 aromatic carbocycles. The van der Waals surface area contributed by atoms with E-state index in [1.807, 2.05) is 6.07 Å². The number of amides is 1.